The summed E-state index contributed by atoms with van der Waals surface area (Å²) in [6.07, 6.45) is 1.81. The molecule has 3 heterocycles. The summed E-state index contributed by atoms with van der Waals surface area (Å²) in [6.45, 7) is 8.64. The molecule has 0 aliphatic carbocycles. The van der Waals surface area contributed by atoms with Crippen molar-refractivity contribution >= 4 is 11.7 Å². The van der Waals surface area contributed by atoms with Crippen LogP contribution in [0.2, 0.25) is 0 Å². The van der Waals surface area contributed by atoms with Crippen LogP contribution in [-0.2, 0) is 17.9 Å². The molecule has 1 aliphatic heterocycles. The van der Waals surface area contributed by atoms with Gasteiger partial charge in [0, 0.05) is 51.2 Å². The van der Waals surface area contributed by atoms with Crippen LogP contribution in [-0.4, -0.2) is 58.0 Å². The standard InChI is InChI=1S/C26H29FN6O/c1-19-20(2)33(16-21-6-8-22(27)9-7-21)26(24(19)15-28)30-25(34)18-32-13-11-31(12-14-32)17-23-5-3-4-10-29-23/h3-10H,11-14,16-18H2,1-2H3,(H,30,34). The van der Waals surface area contributed by atoms with Crippen molar-refractivity contribution in [2.24, 2.45) is 0 Å². The zero-order chi connectivity index (χ0) is 24.1. The van der Waals surface area contributed by atoms with Gasteiger partial charge < -0.3 is 9.88 Å². The Morgan fingerprint density at radius 1 is 1.06 bits per heavy atom. The van der Waals surface area contributed by atoms with Crippen LogP contribution >= 0.6 is 0 Å². The highest BCUT2D eigenvalue weighted by molar-refractivity contribution is 5.93. The van der Waals surface area contributed by atoms with E-state index in [1.54, 1.807) is 18.3 Å². The number of rotatable bonds is 7. The van der Waals surface area contributed by atoms with Crippen LogP contribution in [0.1, 0.15) is 28.1 Å². The van der Waals surface area contributed by atoms with E-state index in [-0.39, 0.29) is 18.3 Å². The molecule has 0 atom stereocenters. The van der Waals surface area contributed by atoms with E-state index in [2.05, 4.69) is 26.2 Å². The fraction of sp³-hybridized carbons (Fsp3) is 0.346. The van der Waals surface area contributed by atoms with Crippen LogP contribution in [0.5, 0.6) is 0 Å². The third-order valence-corrected chi connectivity index (χ3v) is 6.40. The van der Waals surface area contributed by atoms with Gasteiger partial charge >= 0.3 is 0 Å². The first-order valence-corrected chi connectivity index (χ1v) is 11.4. The predicted molar refractivity (Wildman–Crippen MR) is 129 cm³/mol. The van der Waals surface area contributed by atoms with Gasteiger partial charge in [-0.3, -0.25) is 19.6 Å². The van der Waals surface area contributed by atoms with Gasteiger partial charge in [0.25, 0.3) is 0 Å². The number of benzene rings is 1. The largest absolute Gasteiger partial charge is 0.326 e. The summed E-state index contributed by atoms with van der Waals surface area (Å²) in [5, 5.41) is 12.7. The Bertz CT molecular complexity index is 1170. The first kappa shape index (κ1) is 23.6. The smallest absolute Gasteiger partial charge is 0.239 e. The number of anilines is 1. The van der Waals surface area contributed by atoms with E-state index in [0.717, 1.165) is 55.2 Å². The molecule has 1 saturated heterocycles. The minimum atomic E-state index is -0.296. The van der Waals surface area contributed by atoms with Crippen LogP contribution in [0.15, 0.2) is 48.7 Å². The number of aromatic nitrogens is 2. The lowest BCUT2D eigenvalue weighted by molar-refractivity contribution is -0.117. The monoisotopic (exact) mass is 460 g/mol. The first-order chi connectivity index (χ1) is 16.4. The number of pyridine rings is 1. The predicted octanol–water partition coefficient (Wildman–Crippen LogP) is 3.32. The van der Waals surface area contributed by atoms with Gasteiger partial charge in [-0.25, -0.2) is 4.39 Å². The van der Waals surface area contributed by atoms with Crippen molar-refractivity contribution in [2.45, 2.75) is 26.9 Å². The lowest BCUT2D eigenvalue weighted by atomic mass is 10.2. The zero-order valence-electron chi connectivity index (χ0n) is 19.6. The molecule has 3 aromatic rings. The number of halogens is 1. The number of hydrogen-bond acceptors (Lipinski definition) is 5. The Kier molecular flexibility index (Phi) is 7.36. The van der Waals surface area contributed by atoms with Crippen molar-refractivity contribution in [1.29, 1.82) is 5.26 Å². The average molecular weight is 461 g/mol. The van der Waals surface area contributed by atoms with Gasteiger partial charge in [-0.1, -0.05) is 18.2 Å². The summed E-state index contributed by atoms with van der Waals surface area (Å²) in [7, 11) is 0. The highest BCUT2D eigenvalue weighted by Gasteiger charge is 2.23. The minimum Gasteiger partial charge on any atom is -0.326 e. The molecule has 1 aliphatic rings. The molecule has 1 N–H and O–H groups in total. The molecule has 0 unspecified atom stereocenters. The van der Waals surface area contributed by atoms with Crippen LogP contribution < -0.4 is 5.32 Å². The maximum absolute atomic E-state index is 13.3. The molecule has 7 nitrogen and oxygen atoms in total. The molecule has 1 aromatic carbocycles. The van der Waals surface area contributed by atoms with Crippen LogP contribution in [0.4, 0.5) is 10.2 Å². The summed E-state index contributed by atoms with van der Waals surface area (Å²) in [5.41, 5.74) is 4.14. The number of carbonyl (C=O) groups excluding carboxylic acids is 1. The third-order valence-electron chi connectivity index (χ3n) is 6.40. The molecule has 0 radical (unpaired) electrons. The number of hydrogen-bond donors (Lipinski definition) is 1. The topological polar surface area (TPSA) is 77.2 Å². The Balaban J connectivity index is 1.39. The van der Waals surface area contributed by atoms with Gasteiger partial charge in [0.2, 0.25) is 5.91 Å². The highest BCUT2D eigenvalue weighted by atomic mass is 19.1. The van der Waals surface area contributed by atoms with Crippen LogP contribution in [0.25, 0.3) is 0 Å². The van der Waals surface area contributed by atoms with Crippen LogP contribution in [0, 0.1) is 31.0 Å². The number of amides is 1. The van der Waals surface area contributed by atoms with E-state index in [1.807, 2.05) is 36.6 Å². The molecule has 8 heteroatoms. The van der Waals surface area contributed by atoms with Gasteiger partial charge in [-0.05, 0) is 49.2 Å². The fourth-order valence-corrected chi connectivity index (χ4v) is 4.30. The van der Waals surface area contributed by atoms with E-state index in [4.69, 9.17) is 0 Å². The van der Waals surface area contributed by atoms with Crippen molar-refractivity contribution in [3.8, 4) is 6.07 Å². The number of carbonyl (C=O) groups is 1. The molecule has 0 spiro atoms. The molecule has 4 rings (SSSR count). The zero-order valence-corrected chi connectivity index (χ0v) is 19.6. The molecule has 176 valence electrons. The quantitative estimate of drug-likeness (QED) is 0.585. The Labute approximate surface area is 199 Å². The molecule has 1 fully saturated rings. The summed E-state index contributed by atoms with van der Waals surface area (Å²) in [4.78, 5) is 21.8. The first-order valence-electron chi connectivity index (χ1n) is 11.4. The molecule has 2 aromatic heterocycles. The molecule has 0 saturated carbocycles. The molecular formula is C26H29FN6O. The Hall–Kier alpha value is -3.54. The summed E-state index contributed by atoms with van der Waals surface area (Å²) < 4.78 is 15.2. The summed E-state index contributed by atoms with van der Waals surface area (Å²) in [5.74, 6) is 0.0590. The molecule has 0 bridgehead atoms. The number of nitrogens with zero attached hydrogens (tertiary/aromatic N) is 5. The molecule has 34 heavy (non-hydrogen) atoms. The fourth-order valence-electron chi connectivity index (χ4n) is 4.30. The van der Waals surface area contributed by atoms with Crippen molar-refractivity contribution in [1.82, 2.24) is 19.4 Å². The van der Waals surface area contributed by atoms with Crippen molar-refractivity contribution < 1.29 is 9.18 Å². The van der Waals surface area contributed by atoms with Crippen molar-refractivity contribution in [3.63, 3.8) is 0 Å². The van der Waals surface area contributed by atoms with Gasteiger partial charge in [0.1, 0.15) is 17.7 Å². The normalized spacial score (nSPS) is 14.6. The van der Waals surface area contributed by atoms with Gasteiger partial charge in [0.05, 0.1) is 17.8 Å². The SMILES string of the molecule is Cc1c(C#N)c(NC(=O)CN2CCN(Cc3ccccn3)CC2)n(Cc2ccc(F)cc2)c1C. The molecule has 1 amide bonds. The van der Waals surface area contributed by atoms with E-state index < -0.39 is 0 Å². The maximum Gasteiger partial charge on any atom is 0.239 e. The number of nitrogens with one attached hydrogen (secondary N) is 1. The summed E-state index contributed by atoms with van der Waals surface area (Å²) in [6, 6.07) is 14.4. The van der Waals surface area contributed by atoms with Crippen LogP contribution in [0.3, 0.4) is 0 Å². The van der Waals surface area contributed by atoms with E-state index in [1.165, 1.54) is 12.1 Å². The van der Waals surface area contributed by atoms with Gasteiger partial charge in [-0.15, -0.1) is 0 Å². The van der Waals surface area contributed by atoms with Gasteiger partial charge in [0.15, 0.2) is 0 Å². The van der Waals surface area contributed by atoms with E-state index >= 15 is 0 Å². The second-order valence-electron chi connectivity index (χ2n) is 8.68. The molecular weight excluding hydrogens is 431 g/mol. The average Bonchev–Trinajstić information content (AvgIpc) is 3.06. The second kappa shape index (κ2) is 10.6. The number of piperazine rings is 1. The maximum atomic E-state index is 13.3. The lowest BCUT2D eigenvalue weighted by Gasteiger charge is -2.34. The second-order valence-corrected chi connectivity index (χ2v) is 8.68. The lowest BCUT2D eigenvalue weighted by Crippen LogP contribution is -2.48. The third kappa shape index (κ3) is 5.50. The van der Waals surface area contributed by atoms with E-state index in [9.17, 15) is 14.4 Å². The van der Waals surface area contributed by atoms with Gasteiger partial charge in [-0.2, -0.15) is 5.26 Å². The van der Waals surface area contributed by atoms with Crippen molar-refractivity contribution in [2.75, 3.05) is 38.0 Å². The Morgan fingerprint density at radius 2 is 1.76 bits per heavy atom. The van der Waals surface area contributed by atoms with Crippen molar-refractivity contribution in [3.05, 3.63) is 82.6 Å². The highest BCUT2D eigenvalue weighted by Crippen LogP contribution is 2.27. The minimum absolute atomic E-state index is 0.146. The number of nitriles is 1. The Morgan fingerprint density at radius 3 is 2.41 bits per heavy atom. The summed E-state index contributed by atoms with van der Waals surface area (Å²) >= 11 is 0. The van der Waals surface area contributed by atoms with E-state index in [0.29, 0.717) is 17.9 Å².